The number of carboxylic acids is 1. The van der Waals surface area contributed by atoms with E-state index in [1.165, 1.54) is 41.8 Å². The molecule has 0 aliphatic carbocycles. The maximum absolute atomic E-state index is 14.6. The Morgan fingerprint density at radius 3 is 1.21 bits per heavy atom. The molecule has 0 saturated heterocycles. The summed E-state index contributed by atoms with van der Waals surface area (Å²) in [5.41, 5.74) is -1.69. The Hall–Kier alpha value is -6.88. The summed E-state index contributed by atoms with van der Waals surface area (Å²) in [5, 5.41) is 18.8. The Morgan fingerprint density at radius 2 is 0.849 bits per heavy atom. The summed E-state index contributed by atoms with van der Waals surface area (Å²) >= 11 is 0. The molecule has 4 aromatic carbocycles. The van der Waals surface area contributed by atoms with Gasteiger partial charge in [0.25, 0.3) is 0 Å². The van der Waals surface area contributed by atoms with Crippen molar-refractivity contribution in [2.75, 3.05) is 14.1 Å². The molecule has 15 nitrogen and oxygen atoms in total. The molecule has 17 heteroatoms. The number of nitrogens with zero attached hydrogens (tertiary/aromatic N) is 2. The maximum atomic E-state index is 14.6. The van der Waals surface area contributed by atoms with Crippen molar-refractivity contribution in [1.82, 2.24) is 9.80 Å². The number of alkyl halides is 2. The number of carbonyl (C=O) groups is 6. The van der Waals surface area contributed by atoms with E-state index in [1.54, 1.807) is 77.9 Å². The molecule has 73 heavy (non-hydrogen) atoms. The first-order valence-electron chi connectivity index (χ1n) is 29.7. The lowest BCUT2D eigenvalue weighted by Crippen LogP contribution is -2.49. The van der Waals surface area contributed by atoms with Gasteiger partial charge in [-0.25, -0.2) is 37.5 Å². The number of halogens is 2. The average Bonchev–Trinajstić information content (AvgIpc) is 3.61. The van der Waals surface area contributed by atoms with Gasteiger partial charge in [0.15, 0.2) is 6.10 Å². The summed E-state index contributed by atoms with van der Waals surface area (Å²) in [6.07, 6.45) is -4.31. The molecule has 0 heterocycles. The first kappa shape index (κ1) is 52.4. The Balaban J connectivity index is -0.000000369. The van der Waals surface area contributed by atoms with Crippen molar-refractivity contribution in [1.29, 1.82) is 0 Å². The zero-order valence-corrected chi connectivity index (χ0v) is 44.1. The lowest BCUT2D eigenvalue weighted by molar-refractivity contribution is -0.172. The quantitative estimate of drug-likeness (QED) is 0.0665. The highest BCUT2D eigenvalue weighted by atomic mass is 19.1. The summed E-state index contributed by atoms with van der Waals surface area (Å²) < 4.78 is 115. The molecule has 0 spiro atoms. The largest absolute Gasteiger partial charge is 0.480 e. The summed E-state index contributed by atoms with van der Waals surface area (Å²) in [6, 6.07) is 34.3. The number of aliphatic hydroxyl groups is 1. The van der Waals surface area contributed by atoms with Gasteiger partial charge in [-0.2, -0.15) is 0 Å². The summed E-state index contributed by atoms with van der Waals surface area (Å²) in [4.78, 5) is 75.2. The molecule has 0 bridgehead atoms. The molecular formula is C56H86F2N2O13. The number of hydrogen-bond donors (Lipinski definition) is 2. The average molecular weight is 1050 g/mol. The van der Waals surface area contributed by atoms with E-state index in [-0.39, 0.29) is 38.9 Å². The van der Waals surface area contributed by atoms with Crippen LogP contribution in [0.5, 0.6) is 0 Å². The molecule has 0 fully saturated rings. The van der Waals surface area contributed by atoms with Crippen molar-refractivity contribution in [3.63, 3.8) is 0 Å². The third-order valence-corrected chi connectivity index (χ3v) is 9.99. The van der Waals surface area contributed by atoms with Crippen LogP contribution in [0.1, 0.15) is 122 Å². The van der Waals surface area contributed by atoms with Gasteiger partial charge in [-0.3, -0.25) is 9.80 Å². The van der Waals surface area contributed by atoms with E-state index >= 15 is 0 Å². The third-order valence-electron chi connectivity index (χ3n) is 9.99. The highest BCUT2D eigenvalue weighted by molar-refractivity contribution is 5.85. The van der Waals surface area contributed by atoms with Crippen LogP contribution in [-0.2, 0) is 68.9 Å². The van der Waals surface area contributed by atoms with Crippen LogP contribution < -0.4 is 0 Å². The highest BCUT2D eigenvalue weighted by Gasteiger charge is 2.39. The fraction of sp³-hybridized carbons (Fsp3) is 0.464. The van der Waals surface area contributed by atoms with Gasteiger partial charge in [0.2, 0.25) is 6.10 Å². The van der Waals surface area contributed by atoms with Gasteiger partial charge >= 0.3 is 36.1 Å². The number of benzene rings is 4. The van der Waals surface area contributed by atoms with E-state index in [0.29, 0.717) is 0 Å². The van der Waals surface area contributed by atoms with E-state index < -0.39 is 82.9 Å². The molecule has 2 amide bonds. The smallest absolute Gasteiger partial charge is 0.410 e. The van der Waals surface area contributed by atoms with Crippen LogP contribution in [0.25, 0.3) is 0 Å². The maximum Gasteiger partial charge on any atom is 0.410 e. The van der Waals surface area contributed by atoms with Crippen molar-refractivity contribution in [2.45, 2.75) is 155 Å². The number of ether oxygens (including phenoxy) is 5. The van der Waals surface area contributed by atoms with Crippen LogP contribution in [0.15, 0.2) is 121 Å². The van der Waals surface area contributed by atoms with Crippen molar-refractivity contribution in [2.24, 2.45) is 0 Å². The van der Waals surface area contributed by atoms with Crippen LogP contribution in [0.4, 0.5) is 18.4 Å². The fourth-order valence-electron chi connectivity index (χ4n) is 6.40. The van der Waals surface area contributed by atoms with Gasteiger partial charge in [-0.1, -0.05) is 121 Å². The van der Waals surface area contributed by atoms with Gasteiger partial charge in [0.1, 0.15) is 47.8 Å². The number of aliphatic hydroxyl groups excluding tert-OH is 1. The molecule has 0 radical (unpaired) electrons. The normalized spacial score (nSPS) is 13.7. The van der Waals surface area contributed by atoms with Crippen molar-refractivity contribution >= 4 is 36.1 Å². The Bertz CT molecular complexity index is 2360. The second-order valence-corrected chi connectivity index (χ2v) is 20.4. The summed E-state index contributed by atoms with van der Waals surface area (Å²) in [6.45, 7) is 15.4. The molecule has 2 N–H and O–H groups in total. The van der Waals surface area contributed by atoms with Crippen LogP contribution in [0, 0.1) is 0 Å². The van der Waals surface area contributed by atoms with Crippen LogP contribution in [0.2, 0.25) is 0 Å². The number of carboxylic acid groups (broad SMARTS) is 1. The minimum Gasteiger partial charge on any atom is -0.480 e. The fourth-order valence-corrected chi connectivity index (χ4v) is 6.40. The zero-order valence-electron chi connectivity index (χ0n) is 56.1. The minimum absolute atomic E-state index is 0.00125. The van der Waals surface area contributed by atoms with Gasteiger partial charge in [0, 0.05) is 57.6 Å². The minimum atomic E-state index is -1.80. The van der Waals surface area contributed by atoms with Crippen LogP contribution >= 0.6 is 0 Å². The third kappa shape index (κ3) is 26.4. The number of esters is 3. The van der Waals surface area contributed by atoms with E-state index in [9.17, 15) is 42.7 Å². The van der Waals surface area contributed by atoms with Crippen LogP contribution in [0.3, 0.4) is 0 Å². The van der Waals surface area contributed by atoms with E-state index in [2.05, 4.69) is 0 Å². The predicted molar refractivity (Wildman–Crippen MR) is 284 cm³/mol. The molecule has 0 aliphatic rings. The summed E-state index contributed by atoms with van der Waals surface area (Å²) in [5.74, 6) is -3.51. The van der Waals surface area contributed by atoms with E-state index in [1.807, 2.05) is 84.9 Å². The van der Waals surface area contributed by atoms with Crippen molar-refractivity contribution < 1.29 is 89.3 Å². The first-order valence-corrected chi connectivity index (χ1v) is 23.7. The SMILES string of the molecule is CN(C(=O)OC(C)(C)C)[C@@H](CC(C)(C)F)C(=O)O.CN(C(=O)OC(C)(C)C)[C@@H](CC(C)(C)F)C(=O)O[C@H](Cc1ccccc1)C(=O)OCc1ccccc1.O=C(OCc1ccccc1)[C@H](O)Cc1ccccc1.[2H][2H].[2H][2H].[2H][2H].[2H][2H].[2H][2H].[2H][2H]. The van der Waals surface area contributed by atoms with Crippen LogP contribution in [-0.4, -0.2) is 117 Å². The Morgan fingerprint density at radius 1 is 0.521 bits per heavy atom. The van der Waals surface area contributed by atoms with Gasteiger partial charge in [-0.05, 0) is 91.5 Å². The van der Waals surface area contributed by atoms with E-state index in [0.717, 1.165) is 32.1 Å². The first-order chi connectivity index (χ1) is 39.8. The molecular weight excluding hydrogens is 947 g/mol. The molecule has 0 unspecified atom stereocenters. The highest BCUT2D eigenvalue weighted by Crippen LogP contribution is 2.24. The lowest BCUT2D eigenvalue weighted by Gasteiger charge is -2.32. The van der Waals surface area contributed by atoms with Gasteiger partial charge < -0.3 is 33.9 Å². The molecule has 412 valence electrons. The number of hydrogen-bond acceptors (Lipinski definition) is 12. The second kappa shape index (κ2) is 29.0. The second-order valence-electron chi connectivity index (χ2n) is 20.4. The number of carbonyl (C=O) groups excluding carboxylic acids is 5. The topological polar surface area (TPSA) is 196 Å². The summed E-state index contributed by atoms with van der Waals surface area (Å²) in [7, 11) is 2.63. The zero-order chi connectivity index (χ0) is 67.2. The molecule has 0 aromatic heterocycles. The molecule has 0 saturated carbocycles. The van der Waals surface area contributed by atoms with Gasteiger partial charge in [0.05, 0.1) is 0 Å². The Labute approximate surface area is 447 Å². The number of aliphatic carboxylic acids is 1. The molecule has 4 rings (SSSR count). The number of rotatable bonds is 19. The van der Waals surface area contributed by atoms with E-state index in [4.69, 9.17) is 46.6 Å². The predicted octanol–water partition coefficient (Wildman–Crippen LogP) is 11.5. The molecule has 0 aliphatic heterocycles. The Kier molecular flexibility index (Phi) is 20.8. The molecule has 4 atom stereocenters. The van der Waals surface area contributed by atoms with Crippen molar-refractivity contribution in [3.05, 3.63) is 144 Å². The monoisotopic (exact) mass is 1040 g/mol. The number of likely N-dealkylation sites (N-methyl/N-ethyl adjacent to an activating group) is 2. The van der Waals surface area contributed by atoms with Crippen molar-refractivity contribution in [3.8, 4) is 0 Å². The standard InChI is InChI=1S/C28H36FNO6.C16H16O3.C12H22FNO4.6H2/c1-27(2,3)36-26(33)30(6)22(18-28(4,5)29)24(31)35-23(17-20-13-9-7-10-14-20)25(32)34-19-21-15-11-8-12-16-21;17-15(11-13-7-3-1-4-8-13)16(18)19-12-14-9-5-2-6-10-14;1-11(2,3)18-10(17)14(6)8(9(15)16)7-12(4,5)13;;;;;;/h7-16,22-23H,17-19H2,1-6H3;1-10,15,17H,11-12H2;8H,7H2,1-6H3,(H,15,16);6*1H/t22-,23+;15-;8-;;;;;;/m010....../s1/i;;;6*1+1D. The number of amides is 2. The lowest BCUT2D eigenvalue weighted by atomic mass is 10.00. The van der Waals surface area contributed by atoms with Gasteiger partial charge in [-0.15, -0.1) is 0 Å². The molecule has 4 aromatic rings.